The van der Waals surface area contributed by atoms with Gasteiger partial charge in [0.2, 0.25) is 0 Å². The van der Waals surface area contributed by atoms with Crippen molar-refractivity contribution in [2.45, 2.75) is 31.4 Å². The summed E-state index contributed by atoms with van der Waals surface area (Å²) < 4.78 is 0.264. The van der Waals surface area contributed by atoms with Gasteiger partial charge in [-0.3, -0.25) is 0 Å². The van der Waals surface area contributed by atoms with Gasteiger partial charge in [0, 0.05) is 17.0 Å². The molecule has 0 fully saturated rings. The van der Waals surface area contributed by atoms with Crippen molar-refractivity contribution in [3.8, 4) is 6.07 Å². The monoisotopic (exact) mass is 282 g/mol. The Bertz CT molecular complexity index is 428. The van der Waals surface area contributed by atoms with Crippen LogP contribution in [0.1, 0.15) is 32.3 Å². The minimum atomic E-state index is 0.264. The second-order valence-electron chi connectivity index (χ2n) is 4.25. The first-order valence-corrected chi connectivity index (χ1v) is 7.69. The van der Waals surface area contributed by atoms with Crippen molar-refractivity contribution in [2.24, 2.45) is 0 Å². The number of nitrogens with zero attached hydrogens (tertiary/aromatic N) is 1. The molecule has 0 radical (unpaired) electrons. The predicted molar refractivity (Wildman–Crippen MR) is 81.5 cm³/mol. The van der Waals surface area contributed by atoms with Crippen LogP contribution in [-0.4, -0.2) is 17.5 Å². The summed E-state index contributed by atoms with van der Waals surface area (Å²) in [6.07, 6.45) is 4.41. The summed E-state index contributed by atoms with van der Waals surface area (Å²) in [4.78, 5) is 0. The smallest absolute Gasteiger partial charge is 0.101 e. The Balaban J connectivity index is 2.75. The zero-order chi connectivity index (χ0) is 13.6. The Kier molecular flexibility index (Phi) is 5.84. The fraction of sp³-hybridized carbons (Fsp3) is 0.500. The second kappa shape index (κ2) is 6.92. The number of anilines is 1. The third-order valence-electron chi connectivity index (χ3n) is 3.43. The highest BCUT2D eigenvalue weighted by Crippen LogP contribution is 2.31. The third kappa shape index (κ3) is 3.57. The Morgan fingerprint density at radius 3 is 2.50 bits per heavy atom. The number of benzene rings is 1. The van der Waals surface area contributed by atoms with E-state index < -0.39 is 0 Å². The van der Waals surface area contributed by atoms with Crippen LogP contribution in [0.5, 0.6) is 0 Å². The van der Waals surface area contributed by atoms with Gasteiger partial charge in [-0.25, -0.2) is 0 Å². The lowest BCUT2D eigenvalue weighted by Crippen LogP contribution is -2.31. The van der Waals surface area contributed by atoms with E-state index in [1.54, 1.807) is 6.07 Å². The molecule has 0 aliphatic heterocycles. The molecule has 0 spiro atoms. The molecule has 2 nitrogen and oxygen atoms in total. The SMILES string of the molecule is CCC(CC)(CNc1ccc(C#N)c(Cl)c1)SC. The quantitative estimate of drug-likeness (QED) is 0.832. The summed E-state index contributed by atoms with van der Waals surface area (Å²) in [6.45, 7) is 5.34. The van der Waals surface area contributed by atoms with E-state index in [0.29, 0.717) is 10.6 Å². The molecule has 0 bridgehead atoms. The number of halogens is 1. The molecule has 98 valence electrons. The average molecular weight is 283 g/mol. The molecular formula is C14H19ClN2S. The highest BCUT2D eigenvalue weighted by Gasteiger charge is 2.24. The highest BCUT2D eigenvalue weighted by atomic mass is 35.5. The molecule has 1 aromatic carbocycles. The van der Waals surface area contributed by atoms with Crippen molar-refractivity contribution in [1.29, 1.82) is 5.26 Å². The molecule has 0 heterocycles. The molecule has 0 aromatic heterocycles. The molecule has 0 amide bonds. The summed E-state index contributed by atoms with van der Waals surface area (Å²) >= 11 is 7.91. The van der Waals surface area contributed by atoms with Crippen LogP contribution >= 0.6 is 23.4 Å². The van der Waals surface area contributed by atoms with Crippen LogP contribution in [0.25, 0.3) is 0 Å². The Morgan fingerprint density at radius 1 is 1.39 bits per heavy atom. The van der Waals surface area contributed by atoms with Gasteiger partial charge in [-0.2, -0.15) is 17.0 Å². The summed E-state index contributed by atoms with van der Waals surface area (Å²) in [5.41, 5.74) is 1.49. The molecule has 0 saturated carbocycles. The van der Waals surface area contributed by atoms with Gasteiger partial charge in [-0.05, 0) is 37.3 Å². The Labute approximate surface area is 119 Å². The lowest BCUT2D eigenvalue weighted by Gasteiger charge is -2.30. The molecule has 1 rings (SSSR count). The van der Waals surface area contributed by atoms with Crippen LogP contribution in [0.2, 0.25) is 5.02 Å². The van der Waals surface area contributed by atoms with Crippen LogP contribution in [0, 0.1) is 11.3 Å². The summed E-state index contributed by atoms with van der Waals surface area (Å²) in [6, 6.07) is 7.54. The molecule has 4 heteroatoms. The zero-order valence-corrected chi connectivity index (χ0v) is 12.7. The van der Waals surface area contributed by atoms with Crippen molar-refractivity contribution in [3.63, 3.8) is 0 Å². The van der Waals surface area contributed by atoms with E-state index in [9.17, 15) is 0 Å². The van der Waals surface area contributed by atoms with Gasteiger partial charge >= 0.3 is 0 Å². The Hall–Kier alpha value is -0.850. The van der Waals surface area contributed by atoms with Crippen LogP contribution in [0.3, 0.4) is 0 Å². The van der Waals surface area contributed by atoms with E-state index in [0.717, 1.165) is 25.1 Å². The second-order valence-corrected chi connectivity index (χ2v) is 5.94. The molecule has 0 unspecified atom stereocenters. The van der Waals surface area contributed by atoms with Crippen LogP contribution in [0.15, 0.2) is 18.2 Å². The van der Waals surface area contributed by atoms with E-state index in [4.69, 9.17) is 16.9 Å². The normalized spacial score (nSPS) is 11.1. The number of rotatable bonds is 6. The van der Waals surface area contributed by atoms with Gasteiger partial charge in [0.1, 0.15) is 6.07 Å². The third-order valence-corrected chi connectivity index (χ3v) is 5.33. The number of nitriles is 1. The lowest BCUT2D eigenvalue weighted by atomic mass is 10.0. The van der Waals surface area contributed by atoms with Gasteiger partial charge in [0.15, 0.2) is 0 Å². The predicted octanol–water partition coefficient (Wildman–Crippen LogP) is 4.55. The summed E-state index contributed by atoms with van der Waals surface area (Å²) in [5, 5.41) is 12.7. The summed E-state index contributed by atoms with van der Waals surface area (Å²) in [7, 11) is 0. The van der Waals surface area contributed by atoms with Crippen LogP contribution in [-0.2, 0) is 0 Å². The lowest BCUT2D eigenvalue weighted by molar-refractivity contribution is 0.575. The number of hydrogen-bond acceptors (Lipinski definition) is 3. The van der Waals surface area contributed by atoms with Crippen molar-refractivity contribution in [2.75, 3.05) is 18.1 Å². The molecule has 1 N–H and O–H groups in total. The van der Waals surface area contributed by atoms with Gasteiger partial charge in [-0.1, -0.05) is 25.4 Å². The molecule has 0 saturated heterocycles. The molecule has 18 heavy (non-hydrogen) atoms. The van der Waals surface area contributed by atoms with Gasteiger partial charge in [0.25, 0.3) is 0 Å². The van der Waals surface area contributed by atoms with Gasteiger partial charge in [-0.15, -0.1) is 0 Å². The average Bonchev–Trinajstić information content (AvgIpc) is 2.41. The van der Waals surface area contributed by atoms with E-state index in [1.807, 2.05) is 23.9 Å². The maximum absolute atomic E-state index is 8.82. The first-order valence-electron chi connectivity index (χ1n) is 6.09. The fourth-order valence-electron chi connectivity index (χ4n) is 1.84. The first kappa shape index (κ1) is 15.2. The van der Waals surface area contributed by atoms with E-state index in [-0.39, 0.29) is 4.75 Å². The van der Waals surface area contributed by atoms with E-state index >= 15 is 0 Å². The van der Waals surface area contributed by atoms with Crippen molar-refractivity contribution >= 4 is 29.1 Å². The topological polar surface area (TPSA) is 35.8 Å². The van der Waals surface area contributed by atoms with Crippen LogP contribution in [0.4, 0.5) is 5.69 Å². The first-order chi connectivity index (χ1) is 8.60. The molecule has 1 aromatic rings. The van der Waals surface area contributed by atoms with Gasteiger partial charge in [0.05, 0.1) is 10.6 Å². The minimum Gasteiger partial charge on any atom is -0.384 e. The minimum absolute atomic E-state index is 0.264. The Morgan fingerprint density at radius 2 is 2.06 bits per heavy atom. The van der Waals surface area contributed by atoms with E-state index in [1.165, 1.54) is 0 Å². The number of thioether (sulfide) groups is 1. The van der Waals surface area contributed by atoms with E-state index in [2.05, 4.69) is 31.5 Å². The number of nitrogens with one attached hydrogen (secondary N) is 1. The fourth-order valence-corrected chi connectivity index (χ4v) is 2.86. The molecule has 0 aliphatic carbocycles. The standard InChI is InChI=1S/C14H19ClN2S/c1-4-14(5-2,18-3)10-17-12-7-6-11(9-16)13(15)8-12/h6-8,17H,4-5,10H2,1-3H3. The van der Waals surface area contributed by atoms with Crippen LogP contribution < -0.4 is 5.32 Å². The van der Waals surface area contributed by atoms with Crippen molar-refractivity contribution in [1.82, 2.24) is 0 Å². The maximum atomic E-state index is 8.82. The molecular weight excluding hydrogens is 264 g/mol. The zero-order valence-electron chi connectivity index (χ0n) is 11.1. The van der Waals surface area contributed by atoms with Crippen molar-refractivity contribution in [3.05, 3.63) is 28.8 Å². The summed E-state index contributed by atoms with van der Waals surface area (Å²) in [5.74, 6) is 0. The molecule has 0 aliphatic rings. The largest absolute Gasteiger partial charge is 0.384 e. The van der Waals surface area contributed by atoms with Crippen molar-refractivity contribution < 1.29 is 0 Å². The van der Waals surface area contributed by atoms with Gasteiger partial charge < -0.3 is 5.32 Å². The molecule has 0 atom stereocenters. The highest BCUT2D eigenvalue weighted by molar-refractivity contribution is 8.00. The maximum Gasteiger partial charge on any atom is 0.101 e. The number of hydrogen-bond donors (Lipinski definition) is 1.